The van der Waals surface area contributed by atoms with Crippen molar-refractivity contribution in [1.82, 2.24) is 10.6 Å². The molecule has 0 aromatic heterocycles. The Balaban J connectivity index is 3.00. The molecule has 0 saturated carbocycles. The van der Waals surface area contributed by atoms with E-state index in [0.29, 0.717) is 79.0 Å². The molecule has 0 amide bonds. The molecule has 9 nitrogen and oxygen atoms in total. The molecule has 192 valence electrons. The fraction of sp³-hybridized carbons (Fsp3) is 0.957. The van der Waals surface area contributed by atoms with Crippen molar-refractivity contribution in [2.24, 2.45) is 0 Å². The maximum Gasteiger partial charge on any atom is 0.303 e. The summed E-state index contributed by atoms with van der Waals surface area (Å²) in [6.45, 7) is 11.6. The van der Waals surface area contributed by atoms with Gasteiger partial charge in [0, 0.05) is 19.6 Å². The van der Waals surface area contributed by atoms with E-state index in [1.807, 2.05) is 0 Å². The van der Waals surface area contributed by atoms with Crippen molar-refractivity contribution in [3.05, 3.63) is 0 Å². The monoisotopic (exact) mass is 464 g/mol. The second kappa shape index (κ2) is 28.2. The summed E-state index contributed by atoms with van der Waals surface area (Å²) in [4.78, 5) is 10.4. The van der Waals surface area contributed by atoms with Crippen LogP contribution in [0.25, 0.3) is 0 Å². The summed E-state index contributed by atoms with van der Waals surface area (Å²) >= 11 is 0. The average Bonchev–Trinajstić information content (AvgIpc) is 2.78. The summed E-state index contributed by atoms with van der Waals surface area (Å²) < 4.78 is 27.3. The van der Waals surface area contributed by atoms with Crippen molar-refractivity contribution in [2.75, 3.05) is 92.2 Å². The number of aliphatic carboxylic acids is 1. The number of rotatable bonds is 28. The Labute approximate surface area is 194 Å². The molecule has 3 N–H and O–H groups in total. The van der Waals surface area contributed by atoms with Gasteiger partial charge in [-0.15, -0.1) is 0 Å². The molecule has 0 unspecified atom stereocenters. The molecule has 0 aliphatic heterocycles. The quantitative estimate of drug-likeness (QED) is 0.150. The van der Waals surface area contributed by atoms with Gasteiger partial charge in [0.1, 0.15) is 0 Å². The van der Waals surface area contributed by atoms with Gasteiger partial charge in [0.05, 0.1) is 59.5 Å². The van der Waals surface area contributed by atoms with E-state index in [1.54, 1.807) is 0 Å². The minimum atomic E-state index is -0.760. The van der Waals surface area contributed by atoms with Crippen molar-refractivity contribution in [2.45, 2.75) is 51.9 Å². The van der Waals surface area contributed by atoms with Crippen molar-refractivity contribution >= 4 is 5.97 Å². The van der Waals surface area contributed by atoms with Crippen molar-refractivity contribution in [1.29, 1.82) is 0 Å². The zero-order chi connectivity index (χ0) is 23.4. The Kier molecular flexibility index (Phi) is 27.5. The van der Waals surface area contributed by atoms with Gasteiger partial charge in [-0.05, 0) is 38.9 Å². The molecule has 0 fully saturated rings. The van der Waals surface area contributed by atoms with E-state index in [9.17, 15) is 4.79 Å². The Bertz CT molecular complexity index is 376. The number of carboxylic acid groups (broad SMARTS) is 1. The number of hydrogen-bond donors (Lipinski definition) is 3. The first kappa shape index (κ1) is 31.2. The van der Waals surface area contributed by atoms with Gasteiger partial charge >= 0.3 is 5.97 Å². The van der Waals surface area contributed by atoms with E-state index in [4.69, 9.17) is 28.8 Å². The molecule has 0 radical (unpaired) electrons. The third kappa shape index (κ3) is 29.2. The SMILES string of the molecule is CCCCCCNCCCOCCOCCOCCOCCOCCNCCCC(=O)O. The number of ether oxygens (including phenoxy) is 5. The van der Waals surface area contributed by atoms with Gasteiger partial charge in [-0.25, -0.2) is 0 Å². The fourth-order valence-electron chi connectivity index (χ4n) is 2.72. The summed E-state index contributed by atoms with van der Waals surface area (Å²) in [5.41, 5.74) is 0. The van der Waals surface area contributed by atoms with E-state index in [-0.39, 0.29) is 6.42 Å². The van der Waals surface area contributed by atoms with E-state index >= 15 is 0 Å². The molecule has 0 spiro atoms. The molecule has 0 atom stereocenters. The predicted molar refractivity (Wildman–Crippen MR) is 125 cm³/mol. The maximum absolute atomic E-state index is 10.4. The van der Waals surface area contributed by atoms with Gasteiger partial charge in [0.25, 0.3) is 0 Å². The lowest BCUT2D eigenvalue weighted by molar-refractivity contribution is -0.137. The van der Waals surface area contributed by atoms with Crippen LogP contribution < -0.4 is 10.6 Å². The first-order chi connectivity index (χ1) is 15.8. The van der Waals surface area contributed by atoms with Gasteiger partial charge in [0.2, 0.25) is 0 Å². The first-order valence-electron chi connectivity index (χ1n) is 12.3. The van der Waals surface area contributed by atoms with Gasteiger partial charge < -0.3 is 39.4 Å². The van der Waals surface area contributed by atoms with Crippen LogP contribution in [0.3, 0.4) is 0 Å². The Hall–Kier alpha value is -0.810. The van der Waals surface area contributed by atoms with Crippen LogP contribution in [0.5, 0.6) is 0 Å². The van der Waals surface area contributed by atoms with E-state index in [2.05, 4.69) is 17.6 Å². The van der Waals surface area contributed by atoms with Crippen LogP contribution in [0.4, 0.5) is 0 Å². The summed E-state index contributed by atoms with van der Waals surface area (Å²) in [6, 6.07) is 0. The van der Waals surface area contributed by atoms with Crippen molar-refractivity contribution in [3.8, 4) is 0 Å². The number of carboxylic acids is 1. The third-order valence-electron chi connectivity index (χ3n) is 4.50. The molecule has 0 aromatic rings. The van der Waals surface area contributed by atoms with E-state index in [0.717, 1.165) is 26.1 Å². The fourth-order valence-corrected chi connectivity index (χ4v) is 2.72. The molecular formula is C23H48N2O7. The minimum Gasteiger partial charge on any atom is -0.481 e. The van der Waals surface area contributed by atoms with Gasteiger partial charge in [-0.3, -0.25) is 4.79 Å². The Morgan fingerprint density at radius 3 is 1.59 bits per heavy atom. The second-order valence-corrected chi connectivity index (χ2v) is 7.47. The normalized spacial score (nSPS) is 11.3. The van der Waals surface area contributed by atoms with Crippen LogP contribution in [0.2, 0.25) is 0 Å². The van der Waals surface area contributed by atoms with Crippen LogP contribution in [-0.2, 0) is 28.5 Å². The molecular weight excluding hydrogens is 416 g/mol. The van der Waals surface area contributed by atoms with Crippen LogP contribution in [0.15, 0.2) is 0 Å². The molecule has 9 heteroatoms. The zero-order valence-corrected chi connectivity index (χ0v) is 20.2. The predicted octanol–water partition coefficient (Wildman–Crippen LogP) is 2.08. The average molecular weight is 465 g/mol. The number of unbranched alkanes of at least 4 members (excludes halogenated alkanes) is 3. The van der Waals surface area contributed by atoms with Gasteiger partial charge in [-0.1, -0.05) is 26.2 Å². The van der Waals surface area contributed by atoms with Crippen LogP contribution in [-0.4, -0.2) is 103 Å². The third-order valence-corrected chi connectivity index (χ3v) is 4.50. The smallest absolute Gasteiger partial charge is 0.303 e. The summed E-state index contributed by atoms with van der Waals surface area (Å²) in [7, 11) is 0. The highest BCUT2D eigenvalue weighted by molar-refractivity contribution is 5.66. The molecule has 0 rings (SSSR count). The minimum absolute atomic E-state index is 0.196. The Morgan fingerprint density at radius 1 is 0.562 bits per heavy atom. The highest BCUT2D eigenvalue weighted by Crippen LogP contribution is 1.96. The lowest BCUT2D eigenvalue weighted by atomic mass is 10.2. The second-order valence-electron chi connectivity index (χ2n) is 7.47. The Morgan fingerprint density at radius 2 is 1.03 bits per heavy atom. The van der Waals surface area contributed by atoms with Crippen LogP contribution in [0.1, 0.15) is 51.9 Å². The largest absolute Gasteiger partial charge is 0.481 e. The van der Waals surface area contributed by atoms with Crippen LogP contribution in [0, 0.1) is 0 Å². The van der Waals surface area contributed by atoms with Crippen molar-refractivity contribution < 1.29 is 33.6 Å². The van der Waals surface area contributed by atoms with Crippen molar-refractivity contribution in [3.63, 3.8) is 0 Å². The highest BCUT2D eigenvalue weighted by atomic mass is 16.6. The summed E-state index contributed by atoms with van der Waals surface area (Å²) in [6.07, 6.45) is 7.07. The summed E-state index contributed by atoms with van der Waals surface area (Å²) in [5.74, 6) is -0.760. The number of nitrogens with one attached hydrogen (secondary N) is 2. The zero-order valence-electron chi connectivity index (χ0n) is 20.2. The lowest BCUT2D eigenvalue weighted by Gasteiger charge is -2.08. The van der Waals surface area contributed by atoms with Crippen LogP contribution >= 0.6 is 0 Å². The maximum atomic E-state index is 10.4. The topological polar surface area (TPSA) is 108 Å². The molecule has 0 aromatic carbocycles. The molecule has 0 aliphatic rings. The van der Waals surface area contributed by atoms with Gasteiger partial charge in [0.15, 0.2) is 0 Å². The molecule has 0 aliphatic carbocycles. The molecule has 0 heterocycles. The molecule has 0 saturated heterocycles. The highest BCUT2D eigenvalue weighted by Gasteiger charge is 1.96. The van der Waals surface area contributed by atoms with E-state index in [1.165, 1.54) is 25.7 Å². The standard InChI is InChI=1S/C23H48N2O7/c1-2-3-4-5-9-24-11-7-13-28-15-17-30-19-21-32-22-20-31-18-16-29-14-12-25-10-6-8-23(26)27/h24-25H,2-22H2,1H3,(H,26,27). The lowest BCUT2D eigenvalue weighted by Crippen LogP contribution is -2.22. The number of hydrogen-bond acceptors (Lipinski definition) is 8. The first-order valence-corrected chi connectivity index (χ1v) is 12.3. The molecule has 32 heavy (non-hydrogen) atoms. The number of carbonyl (C=O) groups is 1. The summed E-state index contributed by atoms with van der Waals surface area (Å²) in [5, 5.41) is 15.1. The van der Waals surface area contributed by atoms with E-state index < -0.39 is 5.97 Å². The molecule has 0 bridgehead atoms. The van der Waals surface area contributed by atoms with Gasteiger partial charge in [-0.2, -0.15) is 0 Å².